The van der Waals surface area contributed by atoms with Gasteiger partial charge in [-0.15, -0.1) is 0 Å². The van der Waals surface area contributed by atoms with Gasteiger partial charge in [0, 0.05) is 25.3 Å². The minimum Gasteiger partial charge on any atom is -0.351 e. The molecule has 1 amide bonds. The van der Waals surface area contributed by atoms with Crippen LogP contribution in [0, 0.1) is 0 Å². The molecule has 5 nitrogen and oxygen atoms in total. The van der Waals surface area contributed by atoms with Crippen molar-refractivity contribution in [1.82, 2.24) is 9.97 Å². The fourth-order valence-electron chi connectivity index (χ4n) is 4.17. The zero-order valence-corrected chi connectivity index (χ0v) is 15.7. The summed E-state index contributed by atoms with van der Waals surface area (Å²) in [5.74, 6) is 0.750. The van der Waals surface area contributed by atoms with Gasteiger partial charge in [0.25, 0.3) is 5.91 Å². The monoisotopic (exact) mass is 370 g/mol. The number of rotatable bonds is 2. The molecule has 5 rings (SSSR count). The third-order valence-corrected chi connectivity index (χ3v) is 5.67. The standard InChI is InChI=1S/C23H22N4O/c28-23(27-12-5-9-18-7-3-4-10-21(18)27)20-14-25-22(15-24-20)26-13-11-17-6-1-2-8-19(17)16-26/h1-4,6-8,10,14-15H,5,9,11-13,16H2. The Kier molecular flexibility index (Phi) is 4.28. The Labute approximate surface area is 164 Å². The van der Waals surface area contributed by atoms with Crippen LogP contribution < -0.4 is 9.80 Å². The van der Waals surface area contributed by atoms with Crippen molar-refractivity contribution in [3.05, 3.63) is 83.3 Å². The summed E-state index contributed by atoms with van der Waals surface area (Å²) < 4.78 is 0. The van der Waals surface area contributed by atoms with Gasteiger partial charge in [-0.25, -0.2) is 9.97 Å². The Morgan fingerprint density at radius 3 is 2.43 bits per heavy atom. The predicted octanol–water partition coefficient (Wildman–Crippen LogP) is 3.63. The van der Waals surface area contributed by atoms with E-state index in [0.29, 0.717) is 5.69 Å². The molecule has 140 valence electrons. The maximum Gasteiger partial charge on any atom is 0.278 e. The first kappa shape index (κ1) is 16.9. The third kappa shape index (κ3) is 3.03. The van der Waals surface area contributed by atoms with Crippen molar-refractivity contribution < 1.29 is 4.79 Å². The molecule has 2 aliphatic rings. The van der Waals surface area contributed by atoms with Gasteiger partial charge in [0.15, 0.2) is 0 Å². The Balaban J connectivity index is 1.36. The number of aromatic nitrogens is 2. The van der Waals surface area contributed by atoms with Gasteiger partial charge >= 0.3 is 0 Å². The molecular formula is C23H22N4O. The summed E-state index contributed by atoms with van der Waals surface area (Å²) >= 11 is 0. The average molecular weight is 370 g/mol. The number of nitrogens with zero attached hydrogens (tertiary/aromatic N) is 4. The van der Waals surface area contributed by atoms with Gasteiger partial charge in [-0.1, -0.05) is 42.5 Å². The van der Waals surface area contributed by atoms with E-state index in [9.17, 15) is 4.79 Å². The zero-order chi connectivity index (χ0) is 18.9. The second kappa shape index (κ2) is 7.08. The highest BCUT2D eigenvalue weighted by Crippen LogP contribution is 2.28. The van der Waals surface area contributed by atoms with Crippen LogP contribution in [0.15, 0.2) is 60.9 Å². The van der Waals surface area contributed by atoms with Gasteiger partial charge in [0.05, 0.1) is 12.4 Å². The van der Waals surface area contributed by atoms with E-state index in [-0.39, 0.29) is 5.91 Å². The second-order valence-corrected chi connectivity index (χ2v) is 7.39. The topological polar surface area (TPSA) is 49.3 Å². The fraction of sp³-hybridized carbons (Fsp3) is 0.261. The number of carbonyl (C=O) groups is 1. The highest BCUT2D eigenvalue weighted by Gasteiger charge is 2.25. The molecule has 0 saturated heterocycles. The maximum absolute atomic E-state index is 13.0. The molecule has 0 fully saturated rings. The normalized spacial score (nSPS) is 15.7. The van der Waals surface area contributed by atoms with Crippen molar-refractivity contribution in [1.29, 1.82) is 0 Å². The molecule has 0 atom stereocenters. The Morgan fingerprint density at radius 2 is 1.61 bits per heavy atom. The van der Waals surface area contributed by atoms with Crippen LogP contribution in [-0.2, 0) is 19.4 Å². The number of anilines is 2. The minimum absolute atomic E-state index is 0.0739. The van der Waals surface area contributed by atoms with Crippen molar-refractivity contribution in [2.75, 3.05) is 22.9 Å². The Hall–Kier alpha value is -3.21. The van der Waals surface area contributed by atoms with Crippen LogP contribution in [0.25, 0.3) is 0 Å². The summed E-state index contributed by atoms with van der Waals surface area (Å²) in [5.41, 5.74) is 5.36. The summed E-state index contributed by atoms with van der Waals surface area (Å²) in [6.07, 6.45) is 6.35. The first-order valence-corrected chi connectivity index (χ1v) is 9.83. The molecule has 0 unspecified atom stereocenters. The summed E-state index contributed by atoms with van der Waals surface area (Å²) in [6, 6.07) is 16.6. The molecule has 0 radical (unpaired) electrons. The van der Waals surface area contributed by atoms with E-state index in [1.165, 1.54) is 16.7 Å². The molecule has 0 aliphatic carbocycles. The summed E-state index contributed by atoms with van der Waals surface area (Å²) in [6.45, 7) is 2.47. The lowest BCUT2D eigenvalue weighted by Crippen LogP contribution is -2.36. The lowest BCUT2D eigenvalue weighted by molar-refractivity contribution is 0.0980. The molecule has 5 heteroatoms. The van der Waals surface area contributed by atoms with Crippen LogP contribution in [-0.4, -0.2) is 29.0 Å². The molecule has 0 N–H and O–H groups in total. The molecular weight excluding hydrogens is 348 g/mol. The summed E-state index contributed by atoms with van der Waals surface area (Å²) in [7, 11) is 0. The van der Waals surface area contributed by atoms with Crippen molar-refractivity contribution >= 4 is 17.4 Å². The number of amides is 1. The van der Waals surface area contributed by atoms with Gasteiger partial charge in [0.1, 0.15) is 11.5 Å². The molecule has 2 aliphatic heterocycles. The van der Waals surface area contributed by atoms with Gasteiger partial charge in [-0.05, 0) is 42.0 Å². The van der Waals surface area contributed by atoms with Crippen molar-refractivity contribution in [2.24, 2.45) is 0 Å². The molecule has 0 bridgehead atoms. The van der Waals surface area contributed by atoms with Crippen molar-refractivity contribution in [2.45, 2.75) is 25.8 Å². The second-order valence-electron chi connectivity index (χ2n) is 7.39. The van der Waals surface area contributed by atoms with E-state index in [1.54, 1.807) is 12.4 Å². The van der Waals surface area contributed by atoms with Crippen LogP contribution in [0.4, 0.5) is 11.5 Å². The van der Waals surface area contributed by atoms with Gasteiger partial charge in [-0.3, -0.25) is 4.79 Å². The zero-order valence-electron chi connectivity index (χ0n) is 15.7. The van der Waals surface area contributed by atoms with E-state index < -0.39 is 0 Å². The van der Waals surface area contributed by atoms with Crippen LogP contribution >= 0.6 is 0 Å². The molecule has 1 aromatic heterocycles. The summed E-state index contributed by atoms with van der Waals surface area (Å²) in [4.78, 5) is 26.1. The quantitative estimate of drug-likeness (QED) is 0.691. The Morgan fingerprint density at radius 1 is 0.821 bits per heavy atom. The third-order valence-electron chi connectivity index (χ3n) is 5.67. The molecule has 0 saturated carbocycles. The SMILES string of the molecule is O=C(c1cnc(N2CCc3ccccc3C2)cn1)N1CCCc2ccccc21. The number of benzene rings is 2. The van der Waals surface area contributed by atoms with Gasteiger partial charge < -0.3 is 9.80 Å². The van der Waals surface area contributed by atoms with Gasteiger partial charge in [0.2, 0.25) is 0 Å². The number of fused-ring (bicyclic) bond motifs is 2. The fourth-order valence-corrected chi connectivity index (χ4v) is 4.17. The lowest BCUT2D eigenvalue weighted by atomic mass is 10.00. The molecule has 3 aromatic rings. The molecule has 28 heavy (non-hydrogen) atoms. The van der Waals surface area contributed by atoms with Crippen LogP contribution in [0.1, 0.15) is 33.6 Å². The average Bonchev–Trinajstić information content (AvgIpc) is 2.78. The smallest absolute Gasteiger partial charge is 0.278 e. The lowest BCUT2D eigenvalue weighted by Gasteiger charge is -2.30. The predicted molar refractivity (Wildman–Crippen MR) is 110 cm³/mol. The number of aryl methyl sites for hydroxylation is 1. The van der Waals surface area contributed by atoms with E-state index in [4.69, 9.17) is 0 Å². The van der Waals surface area contributed by atoms with Crippen LogP contribution in [0.5, 0.6) is 0 Å². The van der Waals surface area contributed by atoms with E-state index in [2.05, 4.69) is 45.2 Å². The van der Waals surface area contributed by atoms with Crippen molar-refractivity contribution in [3.8, 4) is 0 Å². The first-order chi connectivity index (χ1) is 13.8. The minimum atomic E-state index is -0.0739. The van der Waals surface area contributed by atoms with Crippen LogP contribution in [0.2, 0.25) is 0 Å². The number of hydrogen-bond donors (Lipinski definition) is 0. The highest BCUT2D eigenvalue weighted by molar-refractivity contribution is 6.05. The highest BCUT2D eigenvalue weighted by atomic mass is 16.2. The largest absolute Gasteiger partial charge is 0.351 e. The van der Waals surface area contributed by atoms with Crippen molar-refractivity contribution in [3.63, 3.8) is 0 Å². The maximum atomic E-state index is 13.0. The number of carbonyl (C=O) groups excluding carboxylic acids is 1. The van der Waals surface area contributed by atoms with E-state index in [0.717, 1.165) is 50.4 Å². The molecule has 2 aromatic carbocycles. The molecule has 0 spiro atoms. The van der Waals surface area contributed by atoms with Gasteiger partial charge in [-0.2, -0.15) is 0 Å². The van der Waals surface area contributed by atoms with Crippen LogP contribution in [0.3, 0.4) is 0 Å². The summed E-state index contributed by atoms with van der Waals surface area (Å²) in [5, 5.41) is 0. The van der Waals surface area contributed by atoms with E-state index in [1.807, 2.05) is 23.1 Å². The first-order valence-electron chi connectivity index (χ1n) is 9.83. The number of hydrogen-bond acceptors (Lipinski definition) is 4. The van der Waals surface area contributed by atoms with E-state index >= 15 is 0 Å². The number of para-hydroxylation sites is 1. The Bertz CT molecular complexity index is 1020. The molecule has 3 heterocycles.